The summed E-state index contributed by atoms with van der Waals surface area (Å²) in [5.41, 5.74) is 3.46. The second-order valence-electron chi connectivity index (χ2n) is 4.94. The summed E-state index contributed by atoms with van der Waals surface area (Å²) in [6, 6.07) is 14.5. The molecule has 3 aromatic heterocycles. The van der Waals surface area contributed by atoms with Crippen LogP contribution in [0.5, 0.6) is 0 Å². The fraction of sp³-hybridized carbons (Fsp3) is 0.0588. The van der Waals surface area contributed by atoms with Gasteiger partial charge in [-0.2, -0.15) is 0 Å². The number of pyridine rings is 2. The second-order valence-corrected chi connectivity index (χ2v) is 4.94. The third-order valence-electron chi connectivity index (χ3n) is 3.60. The third kappa shape index (κ3) is 1.53. The molecular weight excluding hydrogens is 246 g/mol. The summed E-state index contributed by atoms with van der Waals surface area (Å²) in [7, 11) is 0. The topological polar surface area (TPSA) is 30.7 Å². The van der Waals surface area contributed by atoms with Crippen LogP contribution in [0.3, 0.4) is 0 Å². The Morgan fingerprint density at radius 3 is 2.55 bits per heavy atom. The van der Waals surface area contributed by atoms with Gasteiger partial charge < -0.3 is 0 Å². The average Bonchev–Trinajstić information content (AvgIpc) is 2.83. The summed E-state index contributed by atoms with van der Waals surface area (Å²) in [6.07, 6.45) is 5.64. The van der Waals surface area contributed by atoms with Crippen LogP contribution in [0.1, 0.15) is 5.56 Å². The summed E-state index contributed by atoms with van der Waals surface area (Å²) in [5, 5.41) is 2.36. The first-order chi connectivity index (χ1) is 9.84. The smallest absolute Gasteiger partial charge is 0.137 e. The number of hydrogen-bond donors (Lipinski definition) is 0. The second kappa shape index (κ2) is 4.17. The van der Waals surface area contributed by atoms with E-state index in [1.54, 1.807) is 0 Å². The molecule has 0 amide bonds. The molecule has 96 valence electrons. The van der Waals surface area contributed by atoms with Crippen LogP contribution >= 0.6 is 0 Å². The van der Waals surface area contributed by atoms with Gasteiger partial charge in [0.2, 0.25) is 0 Å². The molecule has 3 nitrogen and oxygen atoms in total. The highest BCUT2D eigenvalue weighted by Crippen LogP contribution is 2.30. The van der Waals surface area contributed by atoms with Crippen molar-refractivity contribution >= 4 is 21.8 Å². The fourth-order valence-electron chi connectivity index (χ4n) is 2.65. The Labute approximate surface area is 116 Å². The first-order valence-electron chi connectivity index (χ1n) is 6.61. The van der Waals surface area contributed by atoms with E-state index in [0.717, 1.165) is 27.8 Å². The lowest BCUT2D eigenvalue weighted by molar-refractivity contribution is 1.07. The lowest BCUT2D eigenvalue weighted by Gasteiger charge is -2.06. The number of nitrogens with zero attached hydrogens (tertiary/aromatic N) is 3. The third-order valence-corrected chi connectivity index (χ3v) is 3.60. The monoisotopic (exact) mass is 259 g/mol. The first-order valence-corrected chi connectivity index (χ1v) is 6.61. The van der Waals surface area contributed by atoms with Crippen LogP contribution in [0.25, 0.3) is 27.6 Å². The minimum absolute atomic E-state index is 0.938. The van der Waals surface area contributed by atoms with Crippen molar-refractivity contribution in [2.24, 2.45) is 0 Å². The standard InChI is InChI=1S/C17H13N3/c1-12-6-7-17(19-10-12)20-15-5-3-2-4-13(15)14-11-18-9-8-16(14)20/h2-11H,1H3. The quantitative estimate of drug-likeness (QED) is 0.519. The van der Waals surface area contributed by atoms with E-state index in [-0.39, 0.29) is 0 Å². The van der Waals surface area contributed by atoms with Crippen molar-refractivity contribution in [2.45, 2.75) is 6.92 Å². The molecule has 3 heterocycles. The van der Waals surface area contributed by atoms with Gasteiger partial charge in [0.05, 0.1) is 11.0 Å². The molecule has 0 atom stereocenters. The lowest BCUT2D eigenvalue weighted by atomic mass is 10.2. The van der Waals surface area contributed by atoms with E-state index in [2.05, 4.69) is 50.9 Å². The van der Waals surface area contributed by atoms with Gasteiger partial charge in [-0.25, -0.2) is 4.98 Å². The van der Waals surface area contributed by atoms with Crippen LogP contribution in [-0.2, 0) is 0 Å². The molecule has 0 radical (unpaired) electrons. The summed E-state index contributed by atoms with van der Waals surface area (Å²) in [6.45, 7) is 2.05. The highest BCUT2D eigenvalue weighted by Gasteiger charge is 2.11. The highest BCUT2D eigenvalue weighted by molar-refractivity contribution is 6.08. The van der Waals surface area contributed by atoms with Gasteiger partial charge in [0.15, 0.2) is 0 Å². The number of hydrogen-bond acceptors (Lipinski definition) is 2. The van der Waals surface area contributed by atoms with Crippen molar-refractivity contribution in [1.29, 1.82) is 0 Å². The molecule has 0 unspecified atom stereocenters. The number of fused-ring (bicyclic) bond motifs is 3. The van der Waals surface area contributed by atoms with E-state index in [1.165, 1.54) is 5.39 Å². The molecule has 0 saturated carbocycles. The van der Waals surface area contributed by atoms with Crippen molar-refractivity contribution in [3.63, 3.8) is 0 Å². The van der Waals surface area contributed by atoms with Crippen molar-refractivity contribution < 1.29 is 0 Å². The van der Waals surface area contributed by atoms with Gasteiger partial charge in [0, 0.05) is 29.4 Å². The zero-order valence-corrected chi connectivity index (χ0v) is 11.1. The van der Waals surface area contributed by atoms with Gasteiger partial charge in [-0.1, -0.05) is 24.3 Å². The highest BCUT2D eigenvalue weighted by atomic mass is 15.1. The van der Waals surface area contributed by atoms with Gasteiger partial charge in [0.1, 0.15) is 5.82 Å². The van der Waals surface area contributed by atoms with E-state index in [4.69, 9.17) is 0 Å². The predicted molar refractivity (Wildman–Crippen MR) is 81.1 cm³/mol. The Hall–Kier alpha value is -2.68. The molecule has 0 aliphatic heterocycles. The van der Waals surface area contributed by atoms with Crippen LogP contribution in [0.2, 0.25) is 0 Å². The van der Waals surface area contributed by atoms with E-state index in [9.17, 15) is 0 Å². The summed E-state index contributed by atoms with van der Waals surface area (Å²) in [5.74, 6) is 0.938. The van der Waals surface area contributed by atoms with Gasteiger partial charge in [-0.3, -0.25) is 9.55 Å². The Kier molecular flexibility index (Phi) is 2.33. The molecule has 0 spiro atoms. The Morgan fingerprint density at radius 2 is 1.70 bits per heavy atom. The molecule has 0 aliphatic carbocycles. The molecule has 0 N–H and O–H groups in total. The van der Waals surface area contributed by atoms with Crippen LogP contribution < -0.4 is 0 Å². The molecule has 0 bridgehead atoms. The molecular formula is C17H13N3. The van der Waals surface area contributed by atoms with E-state index >= 15 is 0 Å². The first kappa shape index (κ1) is 11.2. The average molecular weight is 259 g/mol. The molecule has 0 aliphatic rings. The molecule has 20 heavy (non-hydrogen) atoms. The predicted octanol–water partition coefficient (Wildman–Crippen LogP) is 3.88. The van der Waals surface area contributed by atoms with Crippen LogP contribution in [0, 0.1) is 6.92 Å². The van der Waals surface area contributed by atoms with Crippen LogP contribution in [-0.4, -0.2) is 14.5 Å². The zero-order valence-electron chi connectivity index (χ0n) is 11.1. The lowest BCUT2D eigenvalue weighted by Crippen LogP contribution is -1.96. The van der Waals surface area contributed by atoms with E-state index < -0.39 is 0 Å². The Bertz CT molecular complexity index is 851. The molecule has 1 aromatic carbocycles. The number of aryl methyl sites for hydroxylation is 1. The molecule has 3 heteroatoms. The van der Waals surface area contributed by atoms with Crippen molar-refractivity contribution in [1.82, 2.24) is 14.5 Å². The normalized spacial score (nSPS) is 11.2. The van der Waals surface area contributed by atoms with Crippen molar-refractivity contribution in [3.8, 4) is 5.82 Å². The summed E-state index contributed by atoms with van der Waals surface area (Å²) >= 11 is 0. The van der Waals surface area contributed by atoms with Crippen LogP contribution in [0.4, 0.5) is 0 Å². The zero-order chi connectivity index (χ0) is 13.5. The van der Waals surface area contributed by atoms with Gasteiger partial charge >= 0.3 is 0 Å². The summed E-state index contributed by atoms with van der Waals surface area (Å²) in [4.78, 5) is 8.81. The maximum Gasteiger partial charge on any atom is 0.137 e. The molecule has 0 saturated heterocycles. The number of para-hydroxylation sites is 1. The Morgan fingerprint density at radius 1 is 0.850 bits per heavy atom. The largest absolute Gasteiger partial charge is 0.294 e. The van der Waals surface area contributed by atoms with Crippen LogP contribution in [0.15, 0.2) is 61.1 Å². The number of rotatable bonds is 1. The van der Waals surface area contributed by atoms with Gasteiger partial charge in [-0.15, -0.1) is 0 Å². The summed E-state index contributed by atoms with van der Waals surface area (Å²) < 4.78 is 2.19. The van der Waals surface area contributed by atoms with Crippen molar-refractivity contribution in [2.75, 3.05) is 0 Å². The fourth-order valence-corrected chi connectivity index (χ4v) is 2.65. The van der Waals surface area contributed by atoms with Gasteiger partial charge in [0.25, 0.3) is 0 Å². The number of aromatic nitrogens is 3. The maximum atomic E-state index is 4.56. The maximum absolute atomic E-state index is 4.56. The molecule has 4 rings (SSSR count). The molecule has 4 aromatic rings. The Balaban J connectivity index is 2.17. The minimum atomic E-state index is 0.938. The minimum Gasteiger partial charge on any atom is -0.294 e. The van der Waals surface area contributed by atoms with Gasteiger partial charge in [-0.05, 0) is 30.7 Å². The van der Waals surface area contributed by atoms with E-state index in [0.29, 0.717) is 0 Å². The SMILES string of the molecule is Cc1ccc(-n2c3ccccc3c3cnccc32)nc1. The van der Waals surface area contributed by atoms with E-state index in [1.807, 2.05) is 31.6 Å². The number of benzene rings is 1. The molecule has 0 fully saturated rings. The van der Waals surface area contributed by atoms with Crippen molar-refractivity contribution in [3.05, 3.63) is 66.6 Å².